The number of carbonyl (C=O) groups excluding carboxylic acids is 2. The fraction of sp³-hybridized carbons (Fsp3) is 0.261. The fourth-order valence-electron chi connectivity index (χ4n) is 3.70. The van der Waals surface area contributed by atoms with Gasteiger partial charge in [0.2, 0.25) is 5.82 Å². The summed E-state index contributed by atoms with van der Waals surface area (Å²) in [6.45, 7) is 2.64. The predicted molar refractivity (Wildman–Crippen MR) is 113 cm³/mol. The van der Waals surface area contributed by atoms with Gasteiger partial charge in [0.05, 0.1) is 5.69 Å². The number of benzene rings is 2. The molecule has 0 radical (unpaired) electrons. The van der Waals surface area contributed by atoms with Gasteiger partial charge in [-0.15, -0.1) is 0 Å². The molecule has 29 heavy (non-hydrogen) atoms. The maximum Gasteiger partial charge on any atom is 0.294 e. The molecule has 0 atom stereocenters. The van der Waals surface area contributed by atoms with Gasteiger partial charge in [-0.3, -0.25) is 9.59 Å². The number of aryl methyl sites for hydroxylation is 1. The predicted octanol–water partition coefficient (Wildman–Crippen LogP) is 4.06. The Kier molecular flexibility index (Phi) is 5.16. The summed E-state index contributed by atoms with van der Waals surface area (Å²) in [7, 11) is 1.73. The first kappa shape index (κ1) is 18.9. The Bertz CT molecular complexity index is 1060. The lowest BCUT2D eigenvalue weighted by Gasteiger charge is -2.20. The smallest absolute Gasteiger partial charge is 0.294 e. The van der Waals surface area contributed by atoms with E-state index in [0.717, 1.165) is 41.9 Å². The van der Waals surface area contributed by atoms with E-state index in [2.05, 4.69) is 10.3 Å². The molecule has 2 heterocycles. The Morgan fingerprint density at radius 3 is 2.52 bits per heavy atom. The van der Waals surface area contributed by atoms with Crippen LogP contribution < -0.4 is 10.2 Å². The zero-order valence-electron chi connectivity index (χ0n) is 16.7. The van der Waals surface area contributed by atoms with E-state index in [4.69, 9.17) is 0 Å². The minimum Gasteiger partial charge on any atom is -0.323 e. The van der Waals surface area contributed by atoms with E-state index in [9.17, 15) is 9.59 Å². The van der Waals surface area contributed by atoms with Gasteiger partial charge in [0.1, 0.15) is 0 Å². The van der Waals surface area contributed by atoms with Crippen LogP contribution >= 0.6 is 0 Å². The van der Waals surface area contributed by atoms with E-state index in [1.807, 2.05) is 66.1 Å². The van der Waals surface area contributed by atoms with Crippen LogP contribution in [0.5, 0.6) is 0 Å². The van der Waals surface area contributed by atoms with E-state index in [1.54, 1.807) is 11.9 Å². The summed E-state index contributed by atoms with van der Waals surface area (Å²) in [5.74, 6) is -0.165. The molecule has 3 aromatic rings. The van der Waals surface area contributed by atoms with Gasteiger partial charge < -0.3 is 14.8 Å². The standard InChI is InChI=1S/C23H24N4O2/c1-16-10-6-7-13-18(16)24-22(28)20-19-14-8-9-15-27(19)21(25-20)23(29)26(2)17-11-4-3-5-12-17/h3-7,10-13H,8-9,14-15H2,1-2H3,(H,24,28). The Morgan fingerprint density at radius 2 is 1.76 bits per heavy atom. The zero-order valence-corrected chi connectivity index (χ0v) is 16.7. The van der Waals surface area contributed by atoms with E-state index < -0.39 is 0 Å². The number of hydrogen-bond donors (Lipinski definition) is 1. The summed E-state index contributed by atoms with van der Waals surface area (Å²) in [4.78, 5) is 32.3. The maximum atomic E-state index is 13.2. The number of anilines is 2. The number of nitrogens with one attached hydrogen (secondary N) is 1. The molecule has 2 aromatic carbocycles. The lowest BCUT2D eigenvalue weighted by atomic mass is 10.1. The normalized spacial score (nSPS) is 12.9. The average molecular weight is 388 g/mol. The third-order valence-electron chi connectivity index (χ3n) is 5.37. The molecule has 4 rings (SSSR count). The lowest BCUT2D eigenvalue weighted by Crippen LogP contribution is -2.30. The molecular formula is C23H24N4O2. The van der Waals surface area contributed by atoms with Crippen molar-refractivity contribution in [2.75, 3.05) is 17.3 Å². The molecular weight excluding hydrogens is 364 g/mol. The number of carbonyl (C=O) groups is 2. The first-order valence-corrected chi connectivity index (χ1v) is 9.85. The Labute approximate surface area is 170 Å². The number of rotatable bonds is 4. The highest BCUT2D eigenvalue weighted by molar-refractivity contribution is 6.07. The number of imidazole rings is 1. The van der Waals surface area contributed by atoms with Gasteiger partial charge in [0, 0.05) is 25.0 Å². The summed E-state index contributed by atoms with van der Waals surface area (Å²) in [5.41, 5.74) is 3.71. The molecule has 0 aliphatic carbocycles. The Morgan fingerprint density at radius 1 is 1.03 bits per heavy atom. The molecule has 0 saturated heterocycles. The highest BCUT2D eigenvalue weighted by atomic mass is 16.2. The molecule has 0 fully saturated rings. The number of fused-ring (bicyclic) bond motifs is 1. The monoisotopic (exact) mass is 388 g/mol. The Hall–Kier alpha value is -3.41. The van der Waals surface area contributed by atoms with Gasteiger partial charge >= 0.3 is 0 Å². The van der Waals surface area contributed by atoms with Crippen molar-refractivity contribution in [2.24, 2.45) is 0 Å². The molecule has 0 bridgehead atoms. The van der Waals surface area contributed by atoms with Crippen molar-refractivity contribution in [2.45, 2.75) is 32.7 Å². The summed E-state index contributed by atoms with van der Waals surface area (Å²) in [6, 6.07) is 17.1. The number of nitrogens with zero attached hydrogens (tertiary/aromatic N) is 3. The summed E-state index contributed by atoms with van der Waals surface area (Å²) in [5, 5.41) is 2.95. The summed E-state index contributed by atoms with van der Waals surface area (Å²) < 4.78 is 1.91. The number of para-hydroxylation sites is 2. The second-order valence-electron chi connectivity index (χ2n) is 7.31. The van der Waals surface area contributed by atoms with Crippen LogP contribution in [-0.4, -0.2) is 28.4 Å². The first-order chi connectivity index (χ1) is 14.1. The molecule has 0 saturated carbocycles. The van der Waals surface area contributed by atoms with Gasteiger partial charge in [-0.25, -0.2) is 4.98 Å². The molecule has 0 unspecified atom stereocenters. The van der Waals surface area contributed by atoms with Gasteiger partial charge in [-0.05, 0) is 49.9 Å². The van der Waals surface area contributed by atoms with E-state index in [-0.39, 0.29) is 11.8 Å². The molecule has 148 valence electrons. The second-order valence-corrected chi connectivity index (χ2v) is 7.31. The summed E-state index contributed by atoms with van der Waals surface area (Å²) >= 11 is 0. The van der Waals surface area contributed by atoms with Crippen molar-refractivity contribution in [1.29, 1.82) is 0 Å². The number of aromatic nitrogens is 2. The molecule has 6 heteroatoms. The van der Waals surface area contributed by atoms with E-state index in [1.165, 1.54) is 0 Å². The van der Waals surface area contributed by atoms with Crippen molar-refractivity contribution in [3.8, 4) is 0 Å². The molecule has 1 N–H and O–H groups in total. The van der Waals surface area contributed by atoms with E-state index >= 15 is 0 Å². The third kappa shape index (κ3) is 3.66. The van der Waals surface area contributed by atoms with Crippen LogP contribution in [0.3, 0.4) is 0 Å². The van der Waals surface area contributed by atoms with Crippen LogP contribution in [-0.2, 0) is 13.0 Å². The highest BCUT2D eigenvalue weighted by Crippen LogP contribution is 2.24. The van der Waals surface area contributed by atoms with Gasteiger partial charge in [-0.2, -0.15) is 0 Å². The minimum atomic E-state index is -0.272. The highest BCUT2D eigenvalue weighted by Gasteiger charge is 2.29. The van der Waals surface area contributed by atoms with Crippen molar-refractivity contribution in [1.82, 2.24) is 9.55 Å². The SMILES string of the molecule is Cc1ccccc1NC(=O)c1nc(C(=O)N(C)c2ccccc2)n2c1CCCC2. The van der Waals surface area contributed by atoms with Crippen LogP contribution in [0, 0.1) is 6.92 Å². The second kappa shape index (κ2) is 7.91. The number of hydrogen-bond acceptors (Lipinski definition) is 3. The van der Waals surface area contributed by atoms with E-state index in [0.29, 0.717) is 18.1 Å². The van der Waals surface area contributed by atoms with Gasteiger partial charge in [0.15, 0.2) is 5.69 Å². The molecule has 1 aromatic heterocycles. The molecule has 1 aliphatic heterocycles. The molecule has 1 aliphatic rings. The average Bonchev–Trinajstić information content (AvgIpc) is 3.15. The zero-order chi connectivity index (χ0) is 20.4. The minimum absolute atomic E-state index is 0.214. The van der Waals surface area contributed by atoms with Crippen LogP contribution in [0.25, 0.3) is 0 Å². The molecule has 6 nitrogen and oxygen atoms in total. The Balaban J connectivity index is 1.68. The molecule has 0 spiro atoms. The van der Waals surface area contributed by atoms with Gasteiger partial charge in [0.25, 0.3) is 11.8 Å². The third-order valence-corrected chi connectivity index (χ3v) is 5.37. The summed E-state index contributed by atoms with van der Waals surface area (Å²) in [6.07, 6.45) is 2.70. The lowest BCUT2D eigenvalue weighted by molar-refractivity contribution is 0.0978. The van der Waals surface area contributed by atoms with Crippen LogP contribution in [0.1, 0.15) is 45.2 Å². The first-order valence-electron chi connectivity index (χ1n) is 9.85. The van der Waals surface area contributed by atoms with Crippen molar-refractivity contribution in [3.63, 3.8) is 0 Å². The molecule has 2 amide bonds. The van der Waals surface area contributed by atoms with Crippen LogP contribution in [0.2, 0.25) is 0 Å². The van der Waals surface area contributed by atoms with Crippen molar-refractivity contribution < 1.29 is 9.59 Å². The largest absolute Gasteiger partial charge is 0.323 e. The number of amides is 2. The fourth-order valence-corrected chi connectivity index (χ4v) is 3.70. The van der Waals surface area contributed by atoms with Crippen molar-refractivity contribution >= 4 is 23.2 Å². The topological polar surface area (TPSA) is 67.2 Å². The van der Waals surface area contributed by atoms with Crippen LogP contribution in [0.4, 0.5) is 11.4 Å². The van der Waals surface area contributed by atoms with Crippen LogP contribution in [0.15, 0.2) is 54.6 Å². The maximum absolute atomic E-state index is 13.2. The quantitative estimate of drug-likeness (QED) is 0.733. The van der Waals surface area contributed by atoms with Crippen molar-refractivity contribution in [3.05, 3.63) is 77.4 Å². The van der Waals surface area contributed by atoms with Gasteiger partial charge in [-0.1, -0.05) is 36.4 Å².